The molecule has 0 spiro atoms. The quantitative estimate of drug-likeness (QED) is 0.783. The molecule has 0 radical (unpaired) electrons. The number of nitrogens with zero attached hydrogens (tertiary/aromatic N) is 1. The van der Waals surface area contributed by atoms with E-state index in [0.717, 1.165) is 11.1 Å². The summed E-state index contributed by atoms with van der Waals surface area (Å²) in [5.74, 6) is 0.356. The molecule has 0 saturated heterocycles. The Kier molecular flexibility index (Phi) is 4.50. The zero-order chi connectivity index (χ0) is 12.2. The number of hydrogen-bond donors (Lipinski definition) is 0. The van der Waals surface area contributed by atoms with Gasteiger partial charge in [0.1, 0.15) is 0 Å². The highest BCUT2D eigenvalue weighted by Gasteiger charge is 2.11. The minimum absolute atomic E-state index is 0.140. The molecule has 0 amide bonds. The fourth-order valence-corrected chi connectivity index (χ4v) is 2.82. The van der Waals surface area contributed by atoms with Gasteiger partial charge < -0.3 is 4.90 Å². The van der Waals surface area contributed by atoms with Crippen molar-refractivity contribution >= 4 is 9.84 Å². The van der Waals surface area contributed by atoms with Gasteiger partial charge >= 0.3 is 0 Å². The molecule has 0 unspecified atom stereocenters. The van der Waals surface area contributed by atoms with Crippen LogP contribution in [-0.4, -0.2) is 39.7 Å². The van der Waals surface area contributed by atoms with E-state index in [0.29, 0.717) is 6.54 Å². The predicted octanol–water partition coefficient (Wildman–Crippen LogP) is 1.47. The molecule has 0 fully saturated rings. The Morgan fingerprint density at radius 3 is 2.19 bits per heavy atom. The van der Waals surface area contributed by atoms with Gasteiger partial charge in [0.15, 0.2) is 9.84 Å². The molecule has 1 aromatic rings. The van der Waals surface area contributed by atoms with Crippen molar-refractivity contribution in [3.8, 4) is 0 Å². The van der Waals surface area contributed by atoms with Gasteiger partial charge in [-0.2, -0.15) is 0 Å². The average Bonchev–Trinajstić information content (AvgIpc) is 2.19. The van der Waals surface area contributed by atoms with Crippen LogP contribution in [0.5, 0.6) is 0 Å². The molecule has 0 aliphatic rings. The maximum atomic E-state index is 11.8. The first-order valence-corrected chi connectivity index (χ1v) is 7.12. The first-order valence-electron chi connectivity index (χ1n) is 5.30. The van der Waals surface area contributed by atoms with Gasteiger partial charge in [-0.3, -0.25) is 0 Å². The number of sulfone groups is 1. The Morgan fingerprint density at radius 1 is 1.12 bits per heavy atom. The third-order valence-corrected chi connectivity index (χ3v) is 3.93. The van der Waals surface area contributed by atoms with E-state index in [-0.39, 0.29) is 11.5 Å². The van der Waals surface area contributed by atoms with Gasteiger partial charge in [-0.15, -0.1) is 0 Å². The second kappa shape index (κ2) is 5.46. The zero-order valence-corrected chi connectivity index (χ0v) is 10.9. The van der Waals surface area contributed by atoms with Gasteiger partial charge in [0.2, 0.25) is 0 Å². The Bertz CT molecular complexity index is 421. The first kappa shape index (κ1) is 13.2. The molecule has 1 rings (SSSR count). The molecule has 16 heavy (non-hydrogen) atoms. The fourth-order valence-electron chi connectivity index (χ4n) is 1.33. The van der Waals surface area contributed by atoms with Crippen LogP contribution in [0.3, 0.4) is 0 Å². The summed E-state index contributed by atoms with van der Waals surface area (Å²) in [5, 5.41) is 0. The number of rotatable bonds is 5. The van der Waals surface area contributed by atoms with Crippen LogP contribution < -0.4 is 0 Å². The molecule has 0 bridgehead atoms. The van der Waals surface area contributed by atoms with Crippen molar-refractivity contribution < 1.29 is 8.42 Å². The predicted molar refractivity (Wildman–Crippen MR) is 67.2 cm³/mol. The summed E-state index contributed by atoms with van der Waals surface area (Å²) in [7, 11) is 0.769. The summed E-state index contributed by atoms with van der Waals surface area (Å²) >= 11 is 0. The molecule has 0 atom stereocenters. The summed E-state index contributed by atoms with van der Waals surface area (Å²) in [4.78, 5) is 1.88. The van der Waals surface area contributed by atoms with E-state index >= 15 is 0 Å². The minimum atomic E-state index is -2.98. The smallest absolute Gasteiger partial charge is 0.155 e. The molecule has 0 saturated carbocycles. The Balaban J connectivity index is 2.62. The second-order valence-electron chi connectivity index (χ2n) is 4.38. The first-order chi connectivity index (χ1) is 7.39. The molecule has 0 heterocycles. The highest BCUT2D eigenvalue weighted by molar-refractivity contribution is 7.90. The van der Waals surface area contributed by atoms with Crippen LogP contribution in [0, 0.1) is 6.92 Å². The largest absolute Gasteiger partial charge is 0.308 e. The minimum Gasteiger partial charge on any atom is -0.308 e. The van der Waals surface area contributed by atoms with Crippen molar-refractivity contribution in [2.45, 2.75) is 12.7 Å². The topological polar surface area (TPSA) is 37.4 Å². The van der Waals surface area contributed by atoms with Crippen molar-refractivity contribution in [2.75, 3.05) is 26.4 Å². The van der Waals surface area contributed by atoms with E-state index in [1.165, 1.54) is 0 Å². The Morgan fingerprint density at radius 2 is 1.69 bits per heavy atom. The molecule has 1 aromatic carbocycles. The van der Waals surface area contributed by atoms with Gasteiger partial charge in [-0.25, -0.2) is 8.42 Å². The van der Waals surface area contributed by atoms with Gasteiger partial charge in [0.05, 0.1) is 11.5 Å². The van der Waals surface area contributed by atoms with E-state index in [2.05, 4.69) is 0 Å². The molecule has 90 valence electrons. The van der Waals surface area contributed by atoms with E-state index in [1.807, 2.05) is 50.2 Å². The van der Waals surface area contributed by atoms with Crippen molar-refractivity contribution in [1.82, 2.24) is 4.90 Å². The Hall–Kier alpha value is -0.870. The third-order valence-electron chi connectivity index (χ3n) is 2.36. The number of aryl methyl sites for hydroxylation is 1. The van der Waals surface area contributed by atoms with Crippen molar-refractivity contribution in [2.24, 2.45) is 0 Å². The summed E-state index contributed by atoms with van der Waals surface area (Å²) in [5.41, 5.74) is 2.01. The lowest BCUT2D eigenvalue weighted by molar-refractivity contribution is 0.432. The Labute approximate surface area is 98.0 Å². The monoisotopic (exact) mass is 241 g/mol. The molecule has 3 nitrogen and oxygen atoms in total. The van der Waals surface area contributed by atoms with Crippen molar-refractivity contribution in [3.05, 3.63) is 35.4 Å². The molecule has 0 aliphatic carbocycles. The molecular formula is C12H19NO2S. The molecular weight excluding hydrogens is 222 g/mol. The maximum absolute atomic E-state index is 11.8. The normalized spacial score (nSPS) is 12.0. The average molecular weight is 241 g/mol. The number of benzene rings is 1. The summed E-state index contributed by atoms with van der Waals surface area (Å²) in [6.07, 6.45) is 0. The van der Waals surface area contributed by atoms with Crippen LogP contribution in [0.1, 0.15) is 11.1 Å². The van der Waals surface area contributed by atoms with Crippen molar-refractivity contribution in [3.63, 3.8) is 0 Å². The second-order valence-corrected chi connectivity index (χ2v) is 6.56. The summed E-state index contributed by atoms with van der Waals surface area (Å²) < 4.78 is 23.5. The fraction of sp³-hybridized carbons (Fsp3) is 0.500. The van der Waals surface area contributed by atoms with Crippen LogP contribution in [-0.2, 0) is 15.6 Å². The van der Waals surface area contributed by atoms with Gasteiger partial charge in [-0.05, 0) is 26.6 Å². The van der Waals surface area contributed by atoms with Crippen LogP contribution in [0.15, 0.2) is 24.3 Å². The van der Waals surface area contributed by atoms with Gasteiger partial charge in [0, 0.05) is 6.54 Å². The maximum Gasteiger partial charge on any atom is 0.155 e. The highest BCUT2D eigenvalue weighted by atomic mass is 32.2. The summed E-state index contributed by atoms with van der Waals surface area (Å²) in [6, 6.07) is 7.64. The lowest BCUT2D eigenvalue weighted by Crippen LogP contribution is -2.22. The van der Waals surface area contributed by atoms with E-state index in [9.17, 15) is 8.42 Å². The van der Waals surface area contributed by atoms with Gasteiger partial charge in [0.25, 0.3) is 0 Å². The SMILES string of the molecule is Cc1ccc(CS(=O)(=O)CCN(C)C)cc1. The van der Waals surface area contributed by atoms with Crippen LogP contribution in [0.25, 0.3) is 0 Å². The zero-order valence-electron chi connectivity index (χ0n) is 10.1. The molecule has 0 N–H and O–H groups in total. The standard InChI is InChI=1S/C12H19NO2S/c1-11-4-6-12(7-5-11)10-16(14,15)9-8-13(2)3/h4-7H,8-10H2,1-3H3. The van der Waals surface area contributed by atoms with Crippen LogP contribution in [0.2, 0.25) is 0 Å². The third kappa shape index (κ3) is 4.77. The summed E-state index contributed by atoms with van der Waals surface area (Å²) in [6.45, 7) is 2.57. The highest BCUT2D eigenvalue weighted by Crippen LogP contribution is 2.08. The van der Waals surface area contributed by atoms with Crippen LogP contribution in [0.4, 0.5) is 0 Å². The molecule has 4 heteroatoms. The lowest BCUT2D eigenvalue weighted by Gasteiger charge is -2.10. The van der Waals surface area contributed by atoms with Crippen LogP contribution >= 0.6 is 0 Å². The lowest BCUT2D eigenvalue weighted by atomic mass is 10.2. The van der Waals surface area contributed by atoms with Gasteiger partial charge in [-0.1, -0.05) is 29.8 Å². The number of hydrogen-bond acceptors (Lipinski definition) is 3. The van der Waals surface area contributed by atoms with E-state index < -0.39 is 9.84 Å². The van der Waals surface area contributed by atoms with Crippen molar-refractivity contribution in [1.29, 1.82) is 0 Å². The molecule has 0 aliphatic heterocycles. The van der Waals surface area contributed by atoms with E-state index in [4.69, 9.17) is 0 Å². The van der Waals surface area contributed by atoms with E-state index in [1.54, 1.807) is 0 Å². The molecule has 0 aromatic heterocycles.